The number of halogens is 2. The summed E-state index contributed by atoms with van der Waals surface area (Å²) in [7, 11) is 0. The van der Waals surface area contributed by atoms with Gasteiger partial charge in [0.1, 0.15) is 11.8 Å². The van der Waals surface area contributed by atoms with Gasteiger partial charge in [-0.2, -0.15) is 11.8 Å². The molecule has 2 N–H and O–H groups in total. The highest BCUT2D eigenvalue weighted by Gasteiger charge is 2.34. The number of carbonyl (C=O) groups is 2. The van der Waals surface area contributed by atoms with Gasteiger partial charge in [-0.3, -0.25) is 4.90 Å². The maximum absolute atomic E-state index is 14.6. The number of benzene rings is 1. The van der Waals surface area contributed by atoms with Crippen molar-refractivity contribution in [2.24, 2.45) is 0 Å². The maximum atomic E-state index is 14.6. The molecular weight excluding hydrogens is 368 g/mol. The molecule has 0 aromatic heterocycles. The molecule has 2 fully saturated rings. The summed E-state index contributed by atoms with van der Waals surface area (Å²) >= 11 is 1.75. The van der Waals surface area contributed by atoms with Crippen LogP contribution in [-0.2, 0) is 4.74 Å². The Kier molecular flexibility index (Phi) is 5.70. The third-order valence-corrected chi connectivity index (χ3v) is 5.26. The van der Waals surface area contributed by atoms with Gasteiger partial charge in [0.05, 0.1) is 18.8 Å². The lowest BCUT2D eigenvalue weighted by molar-refractivity contribution is 0.136. The van der Waals surface area contributed by atoms with Crippen LogP contribution in [-0.4, -0.2) is 61.1 Å². The van der Waals surface area contributed by atoms with Gasteiger partial charge in [-0.1, -0.05) is 0 Å². The fourth-order valence-electron chi connectivity index (χ4n) is 3.02. The standard InChI is InChI=1S/C16H19F2N3O4S/c17-12-6-10(21-9-11(25-16(21)24)8-19-15(22)23)7-13(18)14(12)20-2-1-4-26-5-3-20/h6-7,11,19H,1-5,8-9H2,(H,22,23). The molecule has 1 aromatic carbocycles. The zero-order chi connectivity index (χ0) is 18.7. The largest absolute Gasteiger partial charge is 0.465 e. The second kappa shape index (κ2) is 7.98. The summed E-state index contributed by atoms with van der Waals surface area (Å²) < 4.78 is 34.2. The van der Waals surface area contributed by atoms with Gasteiger partial charge < -0.3 is 20.1 Å². The number of anilines is 2. The maximum Gasteiger partial charge on any atom is 0.414 e. The van der Waals surface area contributed by atoms with E-state index in [0.29, 0.717) is 13.1 Å². The molecule has 1 unspecified atom stereocenters. The molecule has 1 atom stereocenters. The van der Waals surface area contributed by atoms with Crippen molar-refractivity contribution in [1.82, 2.24) is 5.32 Å². The third-order valence-electron chi connectivity index (χ3n) is 4.21. The summed E-state index contributed by atoms with van der Waals surface area (Å²) in [6.45, 7) is 1.06. The van der Waals surface area contributed by atoms with Crippen molar-refractivity contribution in [2.45, 2.75) is 12.5 Å². The number of hydrogen-bond acceptors (Lipinski definition) is 5. The monoisotopic (exact) mass is 387 g/mol. The highest BCUT2D eigenvalue weighted by molar-refractivity contribution is 7.99. The highest BCUT2D eigenvalue weighted by atomic mass is 32.2. The molecule has 0 aliphatic carbocycles. The first-order valence-electron chi connectivity index (χ1n) is 8.22. The summed E-state index contributed by atoms with van der Waals surface area (Å²) in [5.74, 6) is 0.305. The summed E-state index contributed by atoms with van der Waals surface area (Å²) in [6.07, 6.45) is -1.87. The Morgan fingerprint density at radius 1 is 1.31 bits per heavy atom. The number of amides is 2. The van der Waals surface area contributed by atoms with E-state index >= 15 is 0 Å². The van der Waals surface area contributed by atoms with E-state index < -0.39 is 29.9 Å². The number of nitrogens with one attached hydrogen (secondary N) is 1. The molecule has 0 radical (unpaired) electrons. The molecule has 2 heterocycles. The molecular formula is C16H19F2N3O4S. The number of carbonyl (C=O) groups excluding carboxylic acids is 1. The van der Waals surface area contributed by atoms with E-state index in [1.165, 1.54) is 0 Å². The molecule has 2 saturated heterocycles. The number of cyclic esters (lactones) is 1. The lowest BCUT2D eigenvalue weighted by atomic mass is 10.2. The Labute approximate surface area is 153 Å². The number of rotatable bonds is 4. The Bertz CT molecular complexity index is 675. The van der Waals surface area contributed by atoms with Crippen molar-refractivity contribution in [2.75, 3.05) is 47.5 Å². The molecule has 2 aliphatic heterocycles. The lowest BCUT2D eigenvalue weighted by Crippen LogP contribution is -2.33. The van der Waals surface area contributed by atoms with Crippen molar-refractivity contribution in [3.63, 3.8) is 0 Å². The number of carboxylic acid groups (broad SMARTS) is 1. The Morgan fingerprint density at radius 3 is 2.73 bits per heavy atom. The molecule has 2 amide bonds. The molecule has 1 aromatic rings. The number of hydrogen-bond donors (Lipinski definition) is 2. The summed E-state index contributed by atoms with van der Waals surface area (Å²) in [4.78, 5) is 25.3. The topological polar surface area (TPSA) is 82.1 Å². The van der Waals surface area contributed by atoms with Crippen molar-refractivity contribution >= 4 is 35.3 Å². The zero-order valence-electron chi connectivity index (χ0n) is 13.9. The average molecular weight is 387 g/mol. The Morgan fingerprint density at radius 2 is 2.04 bits per heavy atom. The summed E-state index contributed by atoms with van der Waals surface area (Å²) in [6, 6.07) is 2.23. The van der Waals surface area contributed by atoms with Crippen LogP contribution in [0.1, 0.15) is 6.42 Å². The lowest BCUT2D eigenvalue weighted by Gasteiger charge is -2.24. The van der Waals surface area contributed by atoms with E-state index in [4.69, 9.17) is 9.84 Å². The number of thioether (sulfide) groups is 1. The summed E-state index contributed by atoms with van der Waals surface area (Å²) in [5, 5.41) is 10.7. The van der Waals surface area contributed by atoms with Crippen LogP contribution < -0.4 is 15.1 Å². The average Bonchev–Trinajstić information content (AvgIpc) is 2.77. The highest BCUT2D eigenvalue weighted by Crippen LogP contribution is 2.32. The van der Waals surface area contributed by atoms with Crippen LogP contribution in [0.25, 0.3) is 0 Å². The van der Waals surface area contributed by atoms with Gasteiger partial charge in [0.15, 0.2) is 11.6 Å². The predicted octanol–water partition coefficient (Wildman–Crippen LogP) is 2.50. The fourth-order valence-corrected chi connectivity index (χ4v) is 3.91. The van der Waals surface area contributed by atoms with Crippen LogP contribution in [0, 0.1) is 11.6 Å². The first-order valence-corrected chi connectivity index (χ1v) is 9.38. The number of ether oxygens (including phenoxy) is 1. The fraction of sp³-hybridized carbons (Fsp3) is 0.500. The second-order valence-electron chi connectivity index (χ2n) is 6.01. The molecule has 7 nitrogen and oxygen atoms in total. The summed E-state index contributed by atoms with van der Waals surface area (Å²) in [5.41, 5.74) is -0.0244. The third kappa shape index (κ3) is 4.12. The van der Waals surface area contributed by atoms with Crippen LogP contribution in [0.15, 0.2) is 12.1 Å². The van der Waals surface area contributed by atoms with E-state index in [0.717, 1.165) is 35.0 Å². The van der Waals surface area contributed by atoms with E-state index in [2.05, 4.69) is 5.32 Å². The minimum atomic E-state index is -1.24. The minimum Gasteiger partial charge on any atom is -0.465 e. The van der Waals surface area contributed by atoms with E-state index in [9.17, 15) is 18.4 Å². The smallest absolute Gasteiger partial charge is 0.414 e. The van der Waals surface area contributed by atoms with E-state index in [-0.39, 0.29) is 24.5 Å². The van der Waals surface area contributed by atoms with Crippen molar-refractivity contribution in [1.29, 1.82) is 0 Å². The molecule has 0 bridgehead atoms. The van der Waals surface area contributed by atoms with Gasteiger partial charge >= 0.3 is 12.2 Å². The molecule has 26 heavy (non-hydrogen) atoms. The quantitative estimate of drug-likeness (QED) is 0.826. The zero-order valence-corrected chi connectivity index (χ0v) is 14.7. The van der Waals surface area contributed by atoms with Crippen molar-refractivity contribution in [3.8, 4) is 0 Å². The Balaban J connectivity index is 1.77. The molecule has 3 rings (SSSR count). The Hall–Kier alpha value is -2.23. The molecule has 2 aliphatic rings. The molecule has 142 valence electrons. The molecule has 0 spiro atoms. The van der Waals surface area contributed by atoms with Gasteiger partial charge in [0, 0.05) is 31.0 Å². The van der Waals surface area contributed by atoms with Crippen LogP contribution in [0.4, 0.5) is 29.7 Å². The first kappa shape index (κ1) is 18.6. The van der Waals surface area contributed by atoms with Gasteiger partial charge in [0.2, 0.25) is 0 Å². The van der Waals surface area contributed by atoms with Crippen LogP contribution in [0.2, 0.25) is 0 Å². The van der Waals surface area contributed by atoms with Crippen molar-refractivity contribution in [3.05, 3.63) is 23.8 Å². The second-order valence-corrected chi connectivity index (χ2v) is 7.24. The van der Waals surface area contributed by atoms with E-state index in [1.807, 2.05) is 0 Å². The van der Waals surface area contributed by atoms with E-state index in [1.54, 1.807) is 16.7 Å². The van der Waals surface area contributed by atoms with Gasteiger partial charge in [-0.05, 0) is 12.2 Å². The minimum absolute atomic E-state index is 0.0116. The van der Waals surface area contributed by atoms with Crippen molar-refractivity contribution < 1.29 is 28.2 Å². The number of nitrogens with zero attached hydrogens (tertiary/aromatic N) is 2. The van der Waals surface area contributed by atoms with Gasteiger partial charge in [-0.25, -0.2) is 18.4 Å². The van der Waals surface area contributed by atoms with Gasteiger partial charge in [0.25, 0.3) is 0 Å². The van der Waals surface area contributed by atoms with Crippen LogP contribution in [0.5, 0.6) is 0 Å². The molecule has 0 saturated carbocycles. The normalized spacial score (nSPS) is 20.7. The predicted molar refractivity (Wildman–Crippen MR) is 94.2 cm³/mol. The van der Waals surface area contributed by atoms with Crippen LogP contribution in [0.3, 0.4) is 0 Å². The van der Waals surface area contributed by atoms with Gasteiger partial charge in [-0.15, -0.1) is 0 Å². The SMILES string of the molecule is O=C(O)NCC1CN(c2cc(F)c(N3CCCSCC3)c(F)c2)C(=O)O1. The van der Waals surface area contributed by atoms with Crippen LogP contribution >= 0.6 is 11.8 Å². The molecule has 10 heteroatoms. The first-order chi connectivity index (χ1) is 12.5.